The lowest BCUT2D eigenvalue weighted by atomic mass is 10.3. The number of nitrogens with one attached hydrogen (secondary N) is 2. The molecule has 0 aromatic rings. The van der Waals surface area contributed by atoms with Crippen molar-refractivity contribution in [3.05, 3.63) is 0 Å². The molecule has 0 radical (unpaired) electrons. The predicted octanol–water partition coefficient (Wildman–Crippen LogP) is 1.57. The van der Waals surface area contributed by atoms with E-state index in [9.17, 15) is 25.3 Å². The Morgan fingerprint density at radius 2 is 1.30 bits per heavy atom. The smallest absolute Gasteiger partial charge is 0.376 e. The zero-order chi connectivity index (χ0) is 29.1. The normalized spacial score (nSPS) is 18.0. The van der Waals surface area contributed by atoms with E-state index in [1.165, 1.54) is 25.7 Å². The van der Waals surface area contributed by atoms with Gasteiger partial charge in [-0.15, -0.1) is 0 Å². The minimum atomic E-state index is -3.08. The molecule has 11 nitrogen and oxygen atoms in total. The summed E-state index contributed by atoms with van der Waals surface area (Å²) in [6, 6.07) is 0. The number of ether oxygens (including phenoxy) is 2. The molecule has 37 heavy (non-hydrogen) atoms. The molecule has 3 heterocycles. The molecule has 3 fully saturated rings. The summed E-state index contributed by atoms with van der Waals surface area (Å²) in [5.74, 6) is 0.312. The second-order valence-corrected chi connectivity index (χ2v) is 16.4. The predicted molar refractivity (Wildman–Crippen MR) is 156 cm³/mol. The second kappa shape index (κ2) is 28.4. The summed E-state index contributed by atoms with van der Waals surface area (Å²) in [5.41, 5.74) is 5.11. The summed E-state index contributed by atoms with van der Waals surface area (Å²) in [6.07, 6.45) is 10.9. The van der Waals surface area contributed by atoms with Gasteiger partial charge >= 0.3 is 9.05 Å². The number of hydrogen-bond donors (Lipinski definition) is 3. The number of rotatable bonds is 6. The standard InChI is InChI=1S/C4H10BrNO2S.C4H9NO2S.2C4H8O.C3H8BrN.CH4ClO2S/c1-9(7,8)6-4-2-3-5;6-8(7)4-2-1-3-5-8;2*1-2-4-5-3-1;4-2-1-3-5;1-5(2,3)4/h6H,2-4H2,1H3;5H,1-4H2;2*1-4H2;1-3,5H2;2H,1H3/q;;;;;+1. The van der Waals surface area contributed by atoms with E-state index in [2.05, 4.69) is 52.0 Å². The molecule has 0 aromatic heterocycles. The van der Waals surface area contributed by atoms with Crippen LogP contribution in [0.1, 0.15) is 51.4 Å². The molecule has 228 valence electrons. The molecule has 3 rings (SSSR count). The maximum Gasteiger partial charge on any atom is 0.376 e. The molecule has 0 aromatic carbocycles. The van der Waals surface area contributed by atoms with Gasteiger partial charge in [-0.05, 0) is 57.9 Å². The van der Waals surface area contributed by atoms with Gasteiger partial charge in [0.25, 0.3) is 0 Å². The van der Waals surface area contributed by atoms with Crippen molar-refractivity contribution < 1.29 is 45.4 Å². The number of halogens is 3. The van der Waals surface area contributed by atoms with Crippen molar-refractivity contribution in [2.75, 3.05) is 75.0 Å². The molecule has 17 heteroatoms. The molecule has 0 unspecified atom stereocenters. The van der Waals surface area contributed by atoms with Gasteiger partial charge in [0.2, 0.25) is 30.7 Å². The van der Waals surface area contributed by atoms with Crippen LogP contribution >= 0.6 is 31.9 Å². The van der Waals surface area contributed by atoms with Crippen LogP contribution in [0.15, 0.2) is 0 Å². The van der Waals surface area contributed by atoms with Crippen LogP contribution in [0.2, 0.25) is 0 Å². The van der Waals surface area contributed by atoms with Crippen LogP contribution in [0.25, 0.3) is 0 Å². The molecule has 3 aliphatic rings. The van der Waals surface area contributed by atoms with Crippen molar-refractivity contribution in [2.24, 2.45) is 5.73 Å². The van der Waals surface area contributed by atoms with Crippen LogP contribution < -0.4 is 15.2 Å². The molecule has 0 amide bonds. The van der Waals surface area contributed by atoms with Crippen molar-refractivity contribution in [1.82, 2.24) is 9.44 Å². The third-order valence-electron chi connectivity index (χ3n) is 3.83. The second-order valence-electron chi connectivity index (χ2n) is 7.80. The number of sulfonamides is 2. The fourth-order valence-electron chi connectivity index (χ4n) is 2.14. The molecular formula is C20H47Br2ClN3O8S3+. The Hall–Kier alpha value is 0.900. The average Bonchev–Trinajstić information content (AvgIpc) is 3.52. The van der Waals surface area contributed by atoms with E-state index in [0.29, 0.717) is 18.8 Å². The molecule has 0 atom stereocenters. The molecule has 0 aliphatic carbocycles. The van der Waals surface area contributed by atoms with Gasteiger partial charge < -0.3 is 15.2 Å². The topological polar surface area (TPSA) is 171 Å². The van der Waals surface area contributed by atoms with Crippen LogP contribution in [0.4, 0.5) is 0 Å². The molecule has 0 bridgehead atoms. The Labute approximate surface area is 246 Å². The zero-order valence-electron chi connectivity index (χ0n) is 22.0. The lowest BCUT2D eigenvalue weighted by molar-refractivity contribution is -0.163. The highest BCUT2D eigenvalue weighted by Gasteiger charge is 2.12. The highest BCUT2D eigenvalue weighted by atomic mass is 79.9. The van der Waals surface area contributed by atoms with Crippen LogP contribution in [0, 0.1) is 10.7 Å². The maximum absolute atomic E-state index is 10.5. The van der Waals surface area contributed by atoms with E-state index in [-0.39, 0.29) is 0 Å². The van der Waals surface area contributed by atoms with Crippen LogP contribution in [-0.2, 0) is 38.6 Å². The van der Waals surface area contributed by atoms with E-state index >= 15 is 0 Å². The van der Waals surface area contributed by atoms with E-state index in [4.69, 9.17) is 15.2 Å². The van der Waals surface area contributed by atoms with Gasteiger partial charge in [-0.3, -0.25) is 0 Å². The van der Waals surface area contributed by atoms with E-state index in [1.54, 1.807) is 0 Å². The van der Waals surface area contributed by atoms with Crippen LogP contribution in [0.5, 0.6) is 0 Å². The third kappa shape index (κ3) is 53.8. The maximum atomic E-state index is 10.5. The Bertz CT molecular complexity index is 750. The molecule has 4 N–H and O–H groups in total. The summed E-state index contributed by atoms with van der Waals surface area (Å²) in [5, 5.41) is 1.86. The molecule has 0 spiro atoms. The van der Waals surface area contributed by atoms with Crippen molar-refractivity contribution in [1.29, 1.82) is 0 Å². The summed E-state index contributed by atoms with van der Waals surface area (Å²) in [6.45, 7) is 5.94. The first-order valence-corrected chi connectivity index (χ1v) is 20.6. The zero-order valence-corrected chi connectivity index (χ0v) is 28.4. The lowest BCUT2D eigenvalue weighted by Crippen LogP contribution is -2.31. The van der Waals surface area contributed by atoms with Gasteiger partial charge in [0.05, 0.1) is 18.3 Å². The molecule has 3 saturated heterocycles. The highest BCUT2D eigenvalue weighted by Crippen LogP contribution is 2.00. The minimum absolute atomic E-state index is 0.312. The molecule has 0 saturated carbocycles. The van der Waals surface area contributed by atoms with Gasteiger partial charge in [0.15, 0.2) is 0 Å². The Balaban J connectivity index is -0.000000382. The summed E-state index contributed by atoms with van der Waals surface area (Å²) >= 11 is 6.41. The Morgan fingerprint density at radius 1 is 0.865 bits per heavy atom. The Morgan fingerprint density at radius 3 is 1.46 bits per heavy atom. The first-order valence-electron chi connectivity index (χ1n) is 12.0. The quantitative estimate of drug-likeness (QED) is 0.207. The van der Waals surface area contributed by atoms with Gasteiger partial charge in [-0.1, -0.05) is 31.9 Å². The minimum Gasteiger partial charge on any atom is -0.381 e. The largest absolute Gasteiger partial charge is 0.381 e. The van der Waals surface area contributed by atoms with E-state index in [1.807, 2.05) is 0 Å². The third-order valence-corrected chi connectivity index (χ3v) is 7.15. The molecule has 3 aliphatic heterocycles. The highest BCUT2D eigenvalue weighted by molar-refractivity contribution is 9.09. The van der Waals surface area contributed by atoms with Crippen LogP contribution in [-0.4, -0.2) is 100 Å². The van der Waals surface area contributed by atoms with E-state index < -0.39 is 29.1 Å². The average molecular weight is 749 g/mol. The fraction of sp³-hybridized carbons (Fsp3) is 1.00. The number of alkyl halides is 2. The van der Waals surface area contributed by atoms with E-state index in [0.717, 1.165) is 81.8 Å². The first-order chi connectivity index (χ1) is 17.2. The first kappa shape index (κ1) is 42.4. The van der Waals surface area contributed by atoms with Crippen molar-refractivity contribution >= 4 is 61.0 Å². The van der Waals surface area contributed by atoms with Gasteiger partial charge in [0.1, 0.15) is 0 Å². The lowest BCUT2D eigenvalue weighted by Gasteiger charge is -2.10. The van der Waals surface area contributed by atoms with Crippen molar-refractivity contribution in [3.63, 3.8) is 0 Å². The number of nitrogens with two attached hydrogens (primary N) is 1. The Kier molecular flexibility index (Phi) is 32.6. The summed E-state index contributed by atoms with van der Waals surface area (Å²) in [7, 11) is -5.08. The summed E-state index contributed by atoms with van der Waals surface area (Å²) < 4.78 is 75.4. The van der Waals surface area contributed by atoms with Gasteiger partial charge in [-0.2, -0.15) is 8.42 Å². The SMILES string of the molecule is C1CCOC1.C1CCOC1.CS(=O)(=O)NCCCBr.CS(=O)(=O)[ClH+].NCCCBr.O=S1(=O)CCCCN1. The number of hydrogen-bond acceptors (Lipinski definition) is 9. The van der Waals surface area contributed by atoms with Gasteiger partial charge in [0, 0.05) is 50.2 Å². The van der Waals surface area contributed by atoms with Crippen molar-refractivity contribution in [3.8, 4) is 0 Å². The van der Waals surface area contributed by atoms with Crippen LogP contribution in [0.3, 0.4) is 0 Å². The van der Waals surface area contributed by atoms with Crippen molar-refractivity contribution in [2.45, 2.75) is 51.4 Å². The van der Waals surface area contributed by atoms with Gasteiger partial charge in [-0.25, -0.2) is 26.3 Å². The summed E-state index contributed by atoms with van der Waals surface area (Å²) in [4.78, 5) is 0. The monoisotopic (exact) mass is 746 g/mol. The molecular weight excluding hydrogens is 702 g/mol. The fourth-order valence-corrected chi connectivity index (χ4v) is 4.44.